The molecule has 1 N–H and O–H groups in total. The lowest BCUT2D eigenvalue weighted by Crippen LogP contribution is -2.50. The molecule has 1 saturated carbocycles. The van der Waals surface area contributed by atoms with Crippen molar-refractivity contribution in [1.29, 1.82) is 0 Å². The Morgan fingerprint density at radius 1 is 0.879 bits per heavy atom. The normalized spacial score (nSPS) is 24.4. The van der Waals surface area contributed by atoms with Gasteiger partial charge in [-0.15, -0.1) is 0 Å². The Morgan fingerprint density at radius 3 is 2.15 bits per heavy atom. The number of benzene rings is 2. The summed E-state index contributed by atoms with van der Waals surface area (Å²) in [5.41, 5.74) is 2.75. The maximum atomic E-state index is 13.7. The molecule has 3 aliphatic rings. The molecule has 3 atom stereocenters. The molecule has 0 saturated heterocycles. The number of aliphatic carboxylic acids is 1. The molecular weight excluding hydrogens is 420 g/mol. The minimum atomic E-state index is -0.928. The van der Waals surface area contributed by atoms with Gasteiger partial charge in [0.2, 0.25) is 5.91 Å². The Kier molecular flexibility index (Phi) is 5.48. The van der Waals surface area contributed by atoms with Gasteiger partial charge in [-0.3, -0.25) is 24.1 Å². The van der Waals surface area contributed by atoms with E-state index in [9.17, 15) is 24.3 Å². The van der Waals surface area contributed by atoms with Crippen LogP contribution in [0.5, 0.6) is 0 Å². The van der Waals surface area contributed by atoms with Gasteiger partial charge in [0, 0.05) is 6.54 Å². The van der Waals surface area contributed by atoms with Gasteiger partial charge in [0.05, 0.1) is 35.5 Å². The van der Waals surface area contributed by atoms with Gasteiger partial charge in [0.25, 0.3) is 11.8 Å². The molecule has 0 aromatic heterocycles. The van der Waals surface area contributed by atoms with Crippen LogP contribution >= 0.6 is 0 Å². The highest BCUT2D eigenvalue weighted by Gasteiger charge is 2.44. The Balaban J connectivity index is 1.48. The van der Waals surface area contributed by atoms with E-state index in [4.69, 9.17) is 0 Å². The molecule has 0 bridgehead atoms. The maximum Gasteiger partial charge on any atom is 0.307 e. The SMILES string of the molecule is O=C(O)C1CCCCC1C(=O)N1CCc2ccccc2[C@H]1CN1C(=O)c2ccccc2C1=O. The van der Waals surface area contributed by atoms with Crippen LogP contribution in [0.4, 0.5) is 0 Å². The summed E-state index contributed by atoms with van der Waals surface area (Å²) < 4.78 is 0. The molecule has 1 fully saturated rings. The van der Waals surface area contributed by atoms with Gasteiger partial charge in [-0.2, -0.15) is 0 Å². The monoisotopic (exact) mass is 446 g/mol. The molecule has 2 heterocycles. The van der Waals surface area contributed by atoms with Crippen molar-refractivity contribution < 1.29 is 24.3 Å². The topological polar surface area (TPSA) is 95.0 Å². The minimum absolute atomic E-state index is 0.0551. The Morgan fingerprint density at radius 2 is 1.48 bits per heavy atom. The molecule has 5 rings (SSSR count). The first-order chi connectivity index (χ1) is 16.0. The highest BCUT2D eigenvalue weighted by molar-refractivity contribution is 6.21. The second-order valence-corrected chi connectivity index (χ2v) is 9.10. The molecule has 1 aliphatic carbocycles. The fraction of sp³-hybridized carbons (Fsp3) is 0.385. The number of rotatable bonds is 4. The first kappa shape index (κ1) is 21.4. The van der Waals surface area contributed by atoms with Gasteiger partial charge in [0.1, 0.15) is 0 Å². The molecule has 7 nitrogen and oxygen atoms in total. The fourth-order valence-corrected chi connectivity index (χ4v) is 5.63. The summed E-state index contributed by atoms with van der Waals surface area (Å²) in [5.74, 6) is -3.09. The van der Waals surface area contributed by atoms with E-state index in [0.717, 1.165) is 24.0 Å². The van der Waals surface area contributed by atoms with E-state index in [1.807, 2.05) is 24.3 Å². The van der Waals surface area contributed by atoms with E-state index >= 15 is 0 Å². The standard InChI is InChI=1S/C26H26N2O5/c29-23(20-11-5-6-12-21(20)26(32)33)27-14-13-16-7-1-2-8-17(16)22(27)15-28-24(30)18-9-3-4-10-19(18)25(28)31/h1-4,7-10,20-22H,5-6,11-15H2,(H,32,33)/t20?,21?,22-/m1/s1. The lowest BCUT2D eigenvalue weighted by Gasteiger charge is -2.42. The molecule has 2 aromatic rings. The molecule has 2 unspecified atom stereocenters. The number of amides is 3. The van der Waals surface area contributed by atoms with Gasteiger partial charge in [-0.1, -0.05) is 49.2 Å². The summed E-state index contributed by atoms with van der Waals surface area (Å²) in [6.07, 6.45) is 3.34. The van der Waals surface area contributed by atoms with Crippen molar-refractivity contribution in [3.8, 4) is 0 Å². The van der Waals surface area contributed by atoms with Crippen molar-refractivity contribution in [3.63, 3.8) is 0 Å². The van der Waals surface area contributed by atoms with E-state index < -0.39 is 23.8 Å². The van der Waals surface area contributed by atoms with Crippen LogP contribution in [-0.2, 0) is 16.0 Å². The third-order valence-corrected chi connectivity index (χ3v) is 7.33. The van der Waals surface area contributed by atoms with Crippen LogP contribution in [-0.4, -0.2) is 51.7 Å². The van der Waals surface area contributed by atoms with Gasteiger partial charge in [-0.05, 0) is 42.5 Å². The lowest BCUT2D eigenvalue weighted by atomic mass is 9.77. The average Bonchev–Trinajstić information content (AvgIpc) is 3.08. The van der Waals surface area contributed by atoms with Crippen molar-refractivity contribution in [2.24, 2.45) is 11.8 Å². The number of imide groups is 1. The van der Waals surface area contributed by atoms with Crippen LogP contribution in [0.2, 0.25) is 0 Å². The summed E-state index contributed by atoms with van der Waals surface area (Å²) >= 11 is 0. The van der Waals surface area contributed by atoms with Gasteiger partial charge >= 0.3 is 5.97 Å². The van der Waals surface area contributed by atoms with Gasteiger partial charge in [0.15, 0.2) is 0 Å². The number of nitrogens with zero attached hydrogens (tertiary/aromatic N) is 2. The van der Waals surface area contributed by atoms with Crippen LogP contribution in [0, 0.1) is 11.8 Å². The predicted molar refractivity (Wildman–Crippen MR) is 119 cm³/mol. The van der Waals surface area contributed by atoms with Crippen molar-refractivity contribution in [1.82, 2.24) is 9.80 Å². The lowest BCUT2D eigenvalue weighted by molar-refractivity contribution is -0.153. The van der Waals surface area contributed by atoms with Crippen LogP contribution in [0.15, 0.2) is 48.5 Å². The molecule has 33 heavy (non-hydrogen) atoms. The molecule has 2 aliphatic heterocycles. The van der Waals surface area contributed by atoms with E-state index in [1.165, 1.54) is 4.90 Å². The van der Waals surface area contributed by atoms with Gasteiger partial charge < -0.3 is 10.0 Å². The molecule has 3 amide bonds. The molecular formula is C26H26N2O5. The summed E-state index contributed by atoms with van der Waals surface area (Å²) in [5, 5.41) is 9.71. The first-order valence-electron chi connectivity index (χ1n) is 11.5. The number of carbonyl (C=O) groups is 4. The van der Waals surface area contributed by atoms with E-state index in [0.29, 0.717) is 36.9 Å². The summed E-state index contributed by atoms with van der Waals surface area (Å²) in [6, 6.07) is 14.0. The van der Waals surface area contributed by atoms with Crippen LogP contribution in [0.3, 0.4) is 0 Å². The quantitative estimate of drug-likeness (QED) is 0.727. The zero-order chi connectivity index (χ0) is 23.1. The zero-order valence-electron chi connectivity index (χ0n) is 18.3. The van der Waals surface area contributed by atoms with Gasteiger partial charge in [-0.25, -0.2) is 0 Å². The number of hydrogen-bond donors (Lipinski definition) is 1. The first-order valence-corrected chi connectivity index (χ1v) is 11.5. The summed E-state index contributed by atoms with van der Waals surface area (Å²) in [6.45, 7) is 0.492. The van der Waals surface area contributed by atoms with Crippen molar-refractivity contribution in [2.75, 3.05) is 13.1 Å². The Bertz CT molecular complexity index is 1110. The summed E-state index contributed by atoms with van der Waals surface area (Å²) in [7, 11) is 0. The zero-order valence-corrected chi connectivity index (χ0v) is 18.3. The number of carboxylic acid groups (broad SMARTS) is 1. The van der Waals surface area contributed by atoms with Crippen molar-refractivity contribution >= 4 is 23.7 Å². The van der Waals surface area contributed by atoms with Crippen LogP contribution in [0.25, 0.3) is 0 Å². The third kappa shape index (κ3) is 3.61. The van der Waals surface area contributed by atoms with Crippen LogP contribution in [0.1, 0.15) is 63.6 Å². The average molecular weight is 447 g/mol. The second-order valence-electron chi connectivity index (χ2n) is 9.10. The molecule has 0 radical (unpaired) electrons. The number of fused-ring (bicyclic) bond motifs is 2. The molecule has 7 heteroatoms. The largest absolute Gasteiger partial charge is 0.481 e. The fourth-order valence-electron chi connectivity index (χ4n) is 5.63. The van der Waals surface area contributed by atoms with Crippen molar-refractivity contribution in [3.05, 3.63) is 70.8 Å². The Hall–Kier alpha value is -3.48. The molecule has 170 valence electrons. The summed E-state index contributed by atoms with van der Waals surface area (Å²) in [4.78, 5) is 54.6. The number of carboxylic acids is 1. The minimum Gasteiger partial charge on any atom is -0.481 e. The highest BCUT2D eigenvalue weighted by atomic mass is 16.4. The maximum absolute atomic E-state index is 13.7. The molecule has 2 aromatic carbocycles. The Labute approximate surface area is 192 Å². The second kappa shape index (κ2) is 8.46. The number of hydrogen-bond acceptors (Lipinski definition) is 4. The van der Waals surface area contributed by atoms with E-state index in [2.05, 4.69) is 0 Å². The van der Waals surface area contributed by atoms with E-state index in [1.54, 1.807) is 29.2 Å². The van der Waals surface area contributed by atoms with E-state index in [-0.39, 0.29) is 24.3 Å². The smallest absolute Gasteiger partial charge is 0.307 e. The number of carbonyl (C=O) groups excluding carboxylic acids is 3. The third-order valence-electron chi connectivity index (χ3n) is 7.33. The van der Waals surface area contributed by atoms with Crippen molar-refractivity contribution in [2.45, 2.75) is 38.1 Å². The molecule has 0 spiro atoms. The highest BCUT2D eigenvalue weighted by Crippen LogP contribution is 2.38. The predicted octanol–water partition coefficient (Wildman–Crippen LogP) is 3.30. The van der Waals surface area contributed by atoms with Crippen LogP contribution < -0.4 is 0 Å².